The lowest BCUT2D eigenvalue weighted by Gasteiger charge is -2.28. The fourth-order valence-electron chi connectivity index (χ4n) is 2.82. The molecule has 0 bridgehead atoms. The summed E-state index contributed by atoms with van der Waals surface area (Å²) in [4.78, 5) is 26.2. The van der Waals surface area contributed by atoms with E-state index in [0.717, 1.165) is 11.1 Å². The summed E-state index contributed by atoms with van der Waals surface area (Å²) in [6.07, 6.45) is 0. The van der Waals surface area contributed by atoms with Gasteiger partial charge in [-0.05, 0) is 36.2 Å². The third-order valence-electron chi connectivity index (χ3n) is 4.12. The van der Waals surface area contributed by atoms with Crippen molar-refractivity contribution < 1.29 is 14.7 Å². The summed E-state index contributed by atoms with van der Waals surface area (Å²) in [6.45, 7) is 1.83. The number of nitrogens with zero attached hydrogens (tertiary/aromatic N) is 1. The first-order chi connectivity index (χ1) is 11.9. The van der Waals surface area contributed by atoms with Crippen LogP contribution in [-0.4, -0.2) is 33.7 Å². The molecule has 1 N–H and O–H groups in total. The highest BCUT2D eigenvalue weighted by atomic mass is 35.5. The molecule has 1 aliphatic heterocycles. The molecule has 4 nitrogen and oxygen atoms in total. The molecule has 1 heterocycles. The maximum atomic E-state index is 13.1. The monoisotopic (exact) mass is 395 g/mol. The number of hydrogen-bond acceptors (Lipinski definition) is 3. The molecule has 0 aliphatic carbocycles. The zero-order chi connectivity index (χ0) is 18.1. The average Bonchev–Trinajstić information content (AvgIpc) is 3.02. The third kappa shape index (κ3) is 3.50. The predicted octanol–water partition coefficient (Wildman–Crippen LogP) is 4.64. The normalized spacial score (nSPS) is 19.9. The fourth-order valence-corrected chi connectivity index (χ4v) is 4.54. The molecule has 1 saturated heterocycles. The van der Waals surface area contributed by atoms with Crippen molar-refractivity contribution in [1.82, 2.24) is 4.90 Å². The average molecular weight is 396 g/mol. The Morgan fingerprint density at radius 2 is 1.88 bits per heavy atom. The first kappa shape index (κ1) is 18.1. The molecule has 2 aromatic rings. The topological polar surface area (TPSA) is 57.6 Å². The second-order valence-corrected chi connectivity index (χ2v) is 7.67. The smallest absolute Gasteiger partial charge is 0.327 e. The first-order valence-electron chi connectivity index (χ1n) is 7.58. The Kier molecular flexibility index (Phi) is 5.27. The number of halogens is 2. The van der Waals surface area contributed by atoms with Crippen molar-refractivity contribution in [2.24, 2.45) is 0 Å². The van der Waals surface area contributed by atoms with Crippen LogP contribution < -0.4 is 0 Å². The van der Waals surface area contributed by atoms with Crippen LogP contribution in [0.2, 0.25) is 10.0 Å². The number of aliphatic carboxylic acids is 1. The maximum absolute atomic E-state index is 13.1. The standard InChI is InChI=1S/C18H15Cl2NO3S/c1-10-4-2-3-5-12(10)16(22)21-15(18(23)24)9-25-17(21)11-6-7-13(19)14(20)8-11/h2-8,15,17H,9H2,1H3,(H,23,24)/t15-,17+/m0/s1. The molecule has 25 heavy (non-hydrogen) atoms. The van der Waals surface area contributed by atoms with Gasteiger partial charge in [-0.25, -0.2) is 4.79 Å². The van der Waals surface area contributed by atoms with E-state index in [1.165, 1.54) is 16.7 Å². The summed E-state index contributed by atoms with van der Waals surface area (Å²) in [6, 6.07) is 11.4. The number of amides is 1. The van der Waals surface area contributed by atoms with Crippen LogP contribution in [0.15, 0.2) is 42.5 Å². The van der Waals surface area contributed by atoms with Gasteiger partial charge in [0, 0.05) is 11.3 Å². The van der Waals surface area contributed by atoms with Crippen molar-refractivity contribution in [2.75, 3.05) is 5.75 Å². The zero-order valence-electron chi connectivity index (χ0n) is 13.3. The maximum Gasteiger partial charge on any atom is 0.327 e. The molecule has 130 valence electrons. The summed E-state index contributed by atoms with van der Waals surface area (Å²) in [5, 5.41) is 9.92. The van der Waals surface area contributed by atoms with Gasteiger partial charge in [-0.2, -0.15) is 0 Å². The van der Waals surface area contributed by atoms with E-state index in [1.54, 1.807) is 30.3 Å². The van der Waals surface area contributed by atoms with Crippen LogP contribution in [0.1, 0.15) is 26.9 Å². The van der Waals surface area contributed by atoms with Crippen molar-refractivity contribution in [3.05, 3.63) is 69.2 Å². The Morgan fingerprint density at radius 3 is 2.52 bits per heavy atom. The van der Waals surface area contributed by atoms with E-state index >= 15 is 0 Å². The second kappa shape index (κ2) is 7.28. The van der Waals surface area contributed by atoms with E-state index in [-0.39, 0.29) is 5.91 Å². The van der Waals surface area contributed by atoms with E-state index in [0.29, 0.717) is 21.4 Å². The van der Waals surface area contributed by atoms with Gasteiger partial charge in [0.1, 0.15) is 11.4 Å². The number of hydrogen-bond donors (Lipinski definition) is 1. The summed E-state index contributed by atoms with van der Waals surface area (Å²) >= 11 is 13.5. The van der Waals surface area contributed by atoms with Gasteiger partial charge < -0.3 is 10.0 Å². The summed E-state index contributed by atoms with van der Waals surface area (Å²) < 4.78 is 0. The Hall–Kier alpha value is -1.69. The van der Waals surface area contributed by atoms with Crippen LogP contribution in [-0.2, 0) is 4.79 Å². The van der Waals surface area contributed by atoms with Gasteiger partial charge in [0.05, 0.1) is 10.0 Å². The van der Waals surface area contributed by atoms with Crippen molar-refractivity contribution in [1.29, 1.82) is 0 Å². The molecule has 1 aliphatic rings. The molecule has 0 saturated carbocycles. The van der Waals surface area contributed by atoms with E-state index in [4.69, 9.17) is 23.2 Å². The Balaban J connectivity index is 2.03. The van der Waals surface area contributed by atoms with Crippen LogP contribution in [0.3, 0.4) is 0 Å². The number of carbonyl (C=O) groups is 2. The molecule has 0 unspecified atom stereocenters. The summed E-state index contributed by atoms with van der Waals surface area (Å²) in [7, 11) is 0. The molecule has 0 aromatic heterocycles. The molecule has 0 radical (unpaired) electrons. The number of benzene rings is 2. The fraction of sp³-hybridized carbons (Fsp3) is 0.222. The number of aryl methyl sites for hydroxylation is 1. The highest BCUT2D eigenvalue weighted by Crippen LogP contribution is 2.43. The van der Waals surface area contributed by atoms with Crippen LogP contribution in [0.25, 0.3) is 0 Å². The highest BCUT2D eigenvalue weighted by molar-refractivity contribution is 7.99. The van der Waals surface area contributed by atoms with Crippen LogP contribution >= 0.6 is 35.0 Å². The number of carboxylic acid groups (broad SMARTS) is 1. The molecular weight excluding hydrogens is 381 g/mol. The highest BCUT2D eigenvalue weighted by Gasteiger charge is 2.43. The Morgan fingerprint density at radius 1 is 1.16 bits per heavy atom. The van der Waals surface area contributed by atoms with Crippen LogP contribution in [0.5, 0.6) is 0 Å². The van der Waals surface area contributed by atoms with E-state index in [1.807, 2.05) is 19.1 Å². The van der Waals surface area contributed by atoms with Gasteiger partial charge in [-0.1, -0.05) is 47.5 Å². The number of carboxylic acids is 1. The quantitative estimate of drug-likeness (QED) is 0.821. The van der Waals surface area contributed by atoms with Crippen molar-refractivity contribution in [2.45, 2.75) is 18.3 Å². The van der Waals surface area contributed by atoms with Gasteiger partial charge in [0.25, 0.3) is 5.91 Å². The Labute approximate surface area is 159 Å². The zero-order valence-corrected chi connectivity index (χ0v) is 15.6. The van der Waals surface area contributed by atoms with Gasteiger partial charge >= 0.3 is 5.97 Å². The second-order valence-electron chi connectivity index (χ2n) is 5.74. The van der Waals surface area contributed by atoms with E-state index in [9.17, 15) is 14.7 Å². The van der Waals surface area contributed by atoms with Gasteiger partial charge in [0.2, 0.25) is 0 Å². The SMILES string of the molecule is Cc1ccccc1C(=O)N1[C@@H](c2ccc(Cl)c(Cl)c2)SC[C@H]1C(=O)O. The van der Waals surface area contributed by atoms with Gasteiger partial charge in [0.15, 0.2) is 0 Å². The first-order valence-corrected chi connectivity index (χ1v) is 9.38. The lowest BCUT2D eigenvalue weighted by Crippen LogP contribution is -2.43. The molecular formula is C18H15Cl2NO3S. The minimum atomic E-state index is -1.02. The minimum absolute atomic E-state index is 0.299. The number of carbonyl (C=O) groups excluding carboxylic acids is 1. The molecule has 2 aromatic carbocycles. The van der Waals surface area contributed by atoms with Crippen LogP contribution in [0.4, 0.5) is 0 Å². The summed E-state index contributed by atoms with van der Waals surface area (Å²) in [5.74, 6) is -0.999. The minimum Gasteiger partial charge on any atom is -0.480 e. The molecule has 7 heteroatoms. The van der Waals surface area contributed by atoms with E-state index in [2.05, 4.69) is 0 Å². The largest absolute Gasteiger partial charge is 0.480 e. The molecule has 1 amide bonds. The lowest BCUT2D eigenvalue weighted by atomic mass is 10.1. The molecule has 1 fully saturated rings. The number of thioether (sulfide) groups is 1. The van der Waals surface area contributed by atoms with Crippen molar-refractivity contribution in [3.63, 3.8) is 0 Å². The third-order valence-corrected chi connectivity index (χ3v) is 6.19. The molecule has 2 atom stereocenters. The van der Waals surface area contributed by atoms with Gasteiger partial charge in [-0.15, -0.1) is 11.8 Å². The van der Waals surface area contributed by atoms with E-state index < -0.39 is 17.4 Å². The lowest BCUT2D eigenvalue weighted by molar-refractivity contribution is -0.141. The van der Waals surface area contributed by atoms with Crippen molar-refractivity contribution >= 4 is 46.8 Å². The van der Waals surface area contributed by atoms with Crippen LogP contribution in [0, 0.1) is 6.92 Å². The molecule has 0 spiro atoms. The Bertz CT molecular complexity index is 843. The molecule has 3 rings (SSSR count). The summed E-state index contributed by atoms with van der Waals surface area (Å²) in [5.41, 5.74) is 2.06. The van der Waals surface area contributed by atoms with Gasteiger partial charge in [-0.3, -0.25) is 4.79 Å². The predicted molar refractivity (Wildman–Crippen MR) is 100 cm³/mol. The number of rotatable bonds is 3. The van der Waals surface area contributed by atoms with Crippen molar-refractivity contribution in [3.8, 4) is 0 Å².